The highest BCUT2D eigenvalue weighted by atomic mass is 32.1. The van der Waals surface area contributed by atoms with E-state index in [1.165, 1.54) is 6.42 Å². The number of phenolic OH excluding ortho intramolecular Hbond substituents is 1. The molecule has 1 saturated heterocycles. The molecule has 1 N–H and O–H groups in total. The highest BCUT2D eigenvalue weighted by Crippen LogP contribution is 2.26. The van der Waals surface area contributed by atoms with Crippen molar-refractivity contribution in [1.82, 2.24) is 14.8 Å². The van der Waals surface area contributed by atoms with Crippen LogP contribution in [0.3, 0.4) is 0 Å². The molecular weight excluding hydrogens is 370 g/mol. The van der Waals surface area contributed by atoms with Gasteiger partial charge in [0.25, 0.3) is 5.91 Å². The average Bonchev–Trinajstić information content (AvgIpc) is 3.37. The number of rotatable bonds is 6. The van der Waals surface area contributed by atoms with Crippen molar-refractivity contribution in [2.75, 3.05) is 19.6 Å². The Balaban J connectivity index is 1.64. The standard InChI is InChI=1S/C22H25N3O2S/c1-2-24-10-3-4-17(24)15-25(14-16-5-7-18(26)8-6-16)22(27)20-12-23-13-21-19(20)9-11-28-21/h5-9,11-13,17,26H,2-4,10,14-15H2,1H3. The van der Waals surface area contributed by atoms with Crippen LogP contribution in [0.15, 0.2) is 48.1 Å². The number of pyridine rings is 1. The van der Waals surface area contributed by atoms with Gasteiger partial charge < -0.3 is 10.0 Å². The summed E-state index contributed by atoms with van der Waals surface area (Å²) in [5, 5.41) is 12.5. The van der Waals surface area contributed by atoms with E-state index >= 15 is 0 Å². The van der Waals surface area contributed by atoms with Gasteiger partial charge in [-0.25, -0.2) is 0 Å². The number of carbonyl (C=O) groups excluding carboxylic acids is 1. The zero-order valence-electron chi connectivity index (χ0n) is 16.0. The molecule has 4 rings (SSSR count). The monoisotopic (exact) mass is 395 g/mol. The molecule has 0 spiro atoms. The zero-order chi connectivity index (χ0) is 19.5. The molecule has 3 heterocycles. The van der Waals surface area contributed by atoms with Crippen molar-refractivity contribution in [2.24, 2.45) is 0 Å². The lowest BCUT2D eigenvalue weighted by molar-refractivity contribution is 0.0694. The fourth-order valence-electron chi connectivity index (χ4n) is 4.05. The van der Waals surface area contributed by atoms with E-state index < -0.39 is 0 Å². The van der Waals surface area contributed by atoms with Gasteiger partial charge in [-0.05, 0) is 55.1 Å². The first-order valence-electron chi connectivity index (χ1n) is 9.78. The van der Waals surface area contributed by atoms with Crippen molar-refractivity contribution >= 4 is 27.3 Å². The number of fused-ring (bicyclic) bond motifs is 1. The Morgan fingerprint density at radius 1 is 1.29 bits per heavy atom. The summed E-state index contributed by atoms with van der Waals surface area (Å²) < 4.78 is 1.03. The van der Waals surface area contributed by atoms with Crippen molar-refractivity contribution in [3.8, 4) is 5.75 Å². The van der Waals surface area contributed by atoms with E-state index in [9.17, 15) is 9.90 Å². The number of carbonyl (C=O) groups is 1. The number of amides is 1. The maximum absolute atomic E-state index is 13.5. The minimum Gasteiger partial charge on any atom is -0.508 e. The van der Waals surface area contributed by atoms with Crippen LogP contribution in [0.1, 0.15) is 35.7 Å². The van der Waals surface area contributed by atoms with E-state index in [0.717, 1.165) is 35.2 Å². The van der Waals surface area contributed by atoms with Crippen LogP contribution in [0.5, 0.6) is 5.75 Å². The Bertz CT molecular complexity index is 954. The average molecular weight is 396 g/mol. The van der Waals surface area contributed by atoms with Gasteiger partial charge in [-0.1, -0.05) is 19.1 Å². The van der Waals surface area contributed by atoms with Crippen LogP contribution in [0, 0.1) is 0 Å². The van der Waals surface area contributed by atoms with Gasteiger partial charge in [0.15, 0.2) is 0 Å². The lowest BCUT2D eigenvalue weighted by Gasteiger charge is -2.30. The second-order valence-corrected chi connectivity index (χ2v) is 8.24. The van der Waals surface area contributed by atoms with Gasteiger partial charge in [-0.2, -0.15) is 0 Å². The van der Waals surface area contributed by atoms with Gasteiger partial charge in [0.2, 0.25) is 0 Å². The Labute approximate surface area is 169 Å². The van der Waals surface area contributed by atoms with Crippen LogP contribution in [0.2, 0.25) is 0 Å². The van der Waals surface area contributed by atoms with Crippen molar-refractivity contribution < 1.29 is 9.90 Å². The SMILES string of the molecule is CCN1CCCC1CN(Cc1ccc(O)cc1)C(=O)c1cncc2sccc12. The molecule has 1 atom stereocenters. The molecule has 1 aliphatic heterocycles. The molecule has 1 unspecified atom stereocenters. The molecule has 146 valence electrons. The zero-order valence-corrected chi connectivity index (χ0v) is 16.9. The van der Waals surface area contributed by atoms with Gasteiger partial charge in [0, 0.05) is 36.9 Å². The summed E-state index contributed by atoms with van der Waals surface area (Å²) in [6, 6.07) is 9.50. The van der Waals surface area contributed by atoms with Crippen molar-refractivity contribution in [3.63, 3.8) is 0 Å². The molecule has 6 heteroatoms. The lowest BCUT2D eigenvalue weighted by Crippen LogP contribution is -2.42. The molecule has 3 aromatic rings. The van der Waals surface area contributed by atoms with E-state index in [1.54, 1.807) is 29.7 Å². The number of aromatic hydroxyl groups is 1. The molecule has 0 bridgehead atoms. The molecular formula is C22H25N3O2S. The Hall–Kier alpha value is -2.44. The van der Waals surface area contributed by atoms with Gasteiger partial charge in [-0.15, -0.1) is 11.3 Å². The van der Waals surface area contributed by atoms with E-state index in [2.05, 4.69) is 16.8 Å². The predicted octanol–water partition coefficient (Wildman–Crippen LogP) is 4.13. The smallest absolute Gasteiger partial charge is 0.256 e. The largest absolute Gasteiger partial charge is 0.508 e. The lowest BCUT2D eigenvalue weighted by atomic mass is 10.1. The van der Waals surface area contributed by atoms with Crippen LogP contribution in [-0.2, 0) is 6.54 Å². The molecule has 5 nitrogen and oxygen atoms in total. The third-order valence-corrected chi connectivity index (χ3v) is 6.40. The van der Waals surface area contributed by atoms with Crippen LogP contribution in [0.4, 0.5) is 0 Å². The number of nitrogens with zero attached hydrogens (tertiary/aromatic N) is 3. The topological polar surface area (TPSA) is 56.7 Å². The van der Waals surface area contributed by atoms with E-state index in [-0.39, 0.29) is 11.7 Å². The molecule has 0 saturated carbocycles. The minimum absolute atomic E-state index is 0.0209. The van der Waals surface area contributed by atoms with Gasteiger partial charge >= 0.3 is 0 Å². The van der Waals surface area contributed by atoms with Crippen molar-refractivity contribution in [2.45, 2.75) is 32.4 Å². The van der Waals surface area contributed by atoms with Crippen molar-refractivity contribution in [1.29, 1.82) is 0 Å². The molecule has 1 fully saturated rings. The minimum atomic E-state index is 0.0209. The molecule has 2 aromatic heterocycles. The quantitative estimate of drug-likeness (QED) is 0.682. The fourth-order valence-corrected chi connectivity index (χ4v) is 4.82. The van der Waals surface area contributed by atoms with E-state index in [4.69, 9.17) is 0 Å². The van der Waals surface area contributed by atoms with E-state index in [1.807, 2.05) is 34.7 Å². The second kappa shape index (κ2) is 8.29. The van der Waals surface area contributed by atoms with Gasteiger partial charge in [-0.3, -0.25) is 14.7 Å². The molecule has 0 radical (unpaired) electrons. The summed E-state index contributed by atoms with van der Waals surface area (Å²) in [6.45, 7) is 5.51. The Morgan fingerprint density at radius 2 is 2.11 bits per heavy atom. The summed E-state index contributed by atoms with van der Waals surface area (Å²) in [5.41, 5.74) is 1.68. The summed E-state index contributed by atoms with van der Waals surface area (Å²) in [5.74, 6) is 0.259. The van der Waals surface area contributed by atoms with Crippen molar-refractivity contribution in [3.05, 3.63) is 59.2 Å². The first-order chi connectivity index (χ1) is 13.7. The number of benzene rings is 1. The summed E-state index contributed by atoms with van der Waals surface area (Å²) in [6.07, 6.45) is 5.81. The summed E-state index contributed by atoms with van der Waals surface area (Å²) in [4.78, 5) is 22.2. The number of likely N-dealkylation sites (tertiary alicyclic amines) is 1. The maximum atomic E-state index is 13.5. The number of hydrogen-bond acceptors (Lipinski definition) is 5. The highest BCUT2D eigenvalue weighted by Gasteiger charge is 2.28. The van der Waals surface area contributed by atoms with Gasteiger partial charge in [0.05, 0.1) is 10.3 Å². The molecule has 28 heavy (non-hydrogen) atoms. The Kier molecular flexibility index (Phi) is 5.59. The molecule has 1 aliphatic rings. The van der Waals surface area contributed by atoms with Gasteiger partial charge in [0.1, 0.15) is 5.75 Å². The molecule has 1 amide bonds. The number of phenols is 1. The predicted molar refractivity (Wildman–Crippen MR) is 113 cm³/mol. The van der Waals surface area contributed by atoms with Crippen LogP contribution < -0.4 is 0 Å². The fraction of sp³-hybridized carbons (Fsp3) is 0.364. The molecule has 1 aromatic carbocycles. The third kappa shape index (κ3) is 3.88. The summed E-state index contributed by atoms with van der Waals surface area (Å²) >= 11 is 1.60. The van der Waals surface area contributed by atoms with Crippen LogP contribution in [-0.4, -0.2) is 51.5 Å². The number of hydrogen-bond donors (Lipinski definition) is 1. The third-order valence-electron chi connectivity index (χ3n) is 5.54. The maximum Gasteiger partial charge on any atom is 0.256 e. The first-order valence-corrected chi connectivity index (χ1v) is 10.7. The van der Waals surface area contributed by atoms with E-state index in [0.29, 0.717) is 24.7 Å². The van der Waals surface area contributed by atoms with Crippen LogP contribution in [0.25, 0.3) is 10.1 Å². The summed E-state index contributed by atoms with van der Waals surface area (Å²) in [7, 11) is 0. The first kappa shape index (κ1) is 18.9. The number of likely N-dealkylation sites (N-methyl/N-ethyl adjacent to an activating group) is 1. The second-order valence-electron chi connectivity index (χ2n) is 7.30. The normalized spacial score (nSPS) is 17.2. The Morgan fingerprint density at radius 3 is 2.89 bits per heavy atom. The highest BCUT2D eigenvalue weighted by molar-refractivity contribution is 7.17. The molecule has 0 aliphatic carbocycles. The number of thiophene rings is 1. The number of aromatic nitrogens is 1. The van der Waals surface area contributed by atoms with Crippen LogP contribution >= 0.6 is 11.3 Å².